The highest BCUT2D eigenvalue weighted by Gasteiger charge is 2.18. The van der Waals surface area contributed by atoms with E-state index in [2.05, 4.69) is 15.5 Å². The molecule has 0 unspecified atom stereocenters. The summed E-state index contributed by atoms with van der Waals surface area (Å²) in [5.74, 6) is 1.23. The summed E-state index contributed by atoms with van der Waals surface area (Å²) in [4.78, 5) is 0. The van der Waals surface area contributed by atoms with Crippen molar-refractivity contribution in [3.63, 3.8) is 0 Å². The van der Waals surface area contributed by atoms with Gasteiger partial charge in [-0.2, -0.15) is 0 Å². The van der Waals surface area contributed by atoms with Gasteiger partial charge in [0, 0.05) is 13.1 Å². The molecule has 4 nitrogen and oxygen atoms in total. The second kappa shape index (κ2) is 3.68. The van der Waals surface area contributed by atoms with E-state index in [0.717, 1.165) is 18.9 Å². The Labute approximate surface area is 92.1 Å². The van der Waals surface area contributed by atoms with Crippen molar-refractivity contribution in [3.8, 4) is 11.4 Å². The van der Waals surface area contributed by atoms with E-state index in [4.69, 9.17) is 0 Å². The minimum atomic E-state index is -0.253. The fourth-order valence-electron chi connectivity index (χ4n) is 1.93. The summed E-state index contributed by atoms with van der Waals surface area (Å²) >= 11 is 0. The Balaban J connectivity index is 2.13. The average molecular weight is 218 g/mol. The highest BCUT2D eigenvalue weighted by molar-refractivity contribution is 5.56. The number of benzene rings is 1. The molecule has 82 valence electrons. The van der Waals surface area contributed by atoms with E-state index in [0.29, 0.717) is 17.9 Å². The molecule has 0 bridgehead atoms. The Bertz CT molecular complexity index is 520. The minimum absolute atomic E-state index is 0.253. The van der Waals surface area contributed by atoms with Gasteiger partial charge in [0.05, 0.1) is 12.1 Å². The lowest BCUT2D eigenvalue weighted by molar-refractivity contribution is 0.507. The van der Waals surface area contributed by atoms with Crippen LogP contribution in [-0.4, -0.2) is 21.3 Å². The first-order valence-corrected chi connectivity index (χ1v) is 5.24. The third kappa shape index (κ3) is 1.40. The van der Waals surface area contributed by atoms with Crippen molar-refractivity contribution in [2.24, 2.45) is 0 Å². The van der Waals surface area contributed by atoms with Crippen LogP contribution in [0.15, 0.2) is 24.3 Å². The molecule has 1 aliphatic heterocycles. The number of hydrogen-bond donors (Lipinski definition) is 1. The average Bonchev–Trinajstić information content (AvgIpc) is 2.74. The summed E-state index contributed by atoms with van der Waals surface area (Å²) in [6, 6.07) is 6.65. The number of halogens is 1. The lowest BCUT2D eigenvalue weighted by Crippen LogP contribution is -2.28. The molecule has 0 aliphatic carbocycles. The summed E-state index contributed by atoms with van der Waals surface area (Å²) in [6.07, 6.45) is 0. The van der Waals surface area contributed by atoms with Gasteiger partial charge in [-0.05, 0) is 12.1 Å². The van der Waals surface area contributed by atoms with E-state index in [1.54, 1.807) is 18.2 Å². The van der Waals surface area contributed by atoms with Crippen LogP contribution in [0, 0.1) is 5.82 Å². The van der Waals surface area contributed by atoms with Gasteiger partial charge in [0.25, 0.3) is 0 Å². The van der Waals surface area contributed by atoms with Crippen LogP contribution in [0.3, 0.4) is 0 Å². The molecular weight excluding hydrogens is 207 g/mol. The van der Waals surface area contributed by atoms with E-state index in [1.807, 2.05) is 4.57 Å². The van der Waals surface area contributed by atoms with Gasteiger partial charge in [-0.3, -0.25) is 0 Å². The molecule has 2 aromatic rings. The Hall–Kier alpha value is -1.75. The summed E-state index contributed by atoms with van der Waals surface area (Å²) in [5.41, 5.74) is 0.517. The molecule has 3 rings (SSSR count). The molecule has 0 saturated carbocycles. The normalized spacial score (nSPS) is 14.8. The number of nitrogens with one attached hydrogen (secondary N) is 1. The maximum Gasteiger partial charge on any atom is 0.167 e. The second-order valence-corrected chi connectivity index (χ2v) is 3.75. The minimum Gasteiger partial charge on any atom is -0.309 e. The first kappa shape index (κ1) is 9.47. The van der Waals surface area contributed by atoms with Crippen molar-refractivity contribution in [1.29, 1.82) is 0 Å². The van der Waals surface area contributed by atoms with E-state index >= 15 is 0 Å². The fourth-order valence-corrected chi connectivity index (χ4v) is 1.93. The number of aromatic nitrogens is 3. The SMILES string of the molecule is Fc1ccccc1-c1nnc2n1CCNC2. The Morgan fingerprint density at radius 1 is 1.25 bits per heavy atom. The third-order valence-electron chi connectivity index (χ3n) is 2.74. The molecule has 0 amide bonds. The van der Waals surface area contributed by atoms with Crippen LogP contribution >= 0.6 is 0 Å². The lowest BCUT2D eigenvalue weighted by Gasteiger charge is -2.16. The molecule has 0 saturated heterocycles. The van der Waals surface area contributed by atoms with Crippen molar-refractivity contribution in [2.45, 2.75) is 13.1 Å². The van der Waals surface area contributed by atoms with E-state index in [-0.39, 0.29) is 5.82 Å². The summed E-state index contributed by atoms with van der Waals surface area (Å²) in [6.45, 7) is 2.35. The first-order valence-electron chi connectivity index (χ1n) is 5.24. The van der Waals surface area contributed by atoms with Crippen LogP contribution in [0.1, 0.15) is 5.82 Å². The first-order chi connectivity index (χ1) is 7.86. The van der Waals surface area contributed by atoms with E-state index in [1.165, 1.54) is 6.07 Å². The molecule has 2 heterocycles. The third-order valence-corrected chi connectivity index (χ3v) is 2.74. The van der Waals surface area contributed by atoms with Gasteiger partial charge in [0.2, 0.25) is 0 Å². The fraction of sp³-hybridized carbons (Fsp3) is 0.273. The van der Waals surface area contributed by atoms with Gasteiger partial charge in [-0.25, -0.2) is 4.39 Å². The van der Waals surface area contributed by atoms with Gasteiger partial charge in [0.1, 0.15) is 11.6 Å². The van der Waals surface area contributed by atoms with E-state index in [9.17, 15) is 4.39 Å². The monoisotopic (exact) mass is 218 g/mol. The Kier molecular flexibility index (Phi) is 2.18. The molecule has 0 fully saturated rings. The second-order valence-electron chi connectivity index (χ2n) is 3.75. The van der Waals surface area contributed by atoms with Gasteiger partial charge in [-0.1, -0.05) is 12.1 Å². The standard InChI is InChI=1S/C11H11FN4/c12-9-4-2-1-3-8(9)11-15-14-10-7-13-5-6-16(10)11/h1-4,13H,5-7H2. The van der Waals surface area contributed by atoms with Crippen LogP contribution in [-0.2, 0) is 13.1 Å². The zero-order chi connectivity index (χ0) is 11.0. The van der Waals surface area contributed by atoms with E-state index < -0.39 is 0 Å². The molecule has 1 N–H and O–H groups in total. The number of fused-ring (bicyclic) bond motifs is 1. The van der Waals surface area contributed by atoms with Crippen molar-refractivity contribution < 1.29 is 4.39 Å². The lowest BCUT2D eigenvalue weighted by atomic mass is 10.2. The molecule has 1 aromatic heterocycles. The molecule has 5 heteroatoms. The van der Waals surface area contributed by atoms with Crippen LogP contribution in [0.4, 0.5) is 4.39 Å². The Morgan fingerprint density at radius 3 is 3.00 bits per heavy atom. The van der Waals surface area contributed by atoms with Gasteiger partial charge < -0.3 is 9.88 Å². The number of hydrogen-bond acceptors (Lipinski definition) is 3. The zero-order valence-corrected chi connectivity index (χ0v) is 8.65. The largest absolute Gasteiger partial charge is 0.309 e. The van der Waals surface area contributed by atoms with Crippen molar-refractivity contribution in [3.05, 3.63) is 35.9 Å². The predicted molar refractivity (Wildman–Crippen MR) is 57.1 cm³/mol. The highest BCUT2D eigenvalue weighted by atomic mass is 19.1. The zero-order valence-electron chi connectivity index (χ0n) is 8.65. The van der Waals surface area contributed by atoms with Gasteiger partial charge in [0.15, 0.2) is 5.82 Å². The van der Waals surface area contributed by atoms with Crippen LogP contribution < -0.4 is 5.32 Å². The Morgan fingerprint density at radius 2 is 2.12 bits per heavy atom. The van der Waals surface area contributed by atoms with Crippen LogP contribution in [0.2, 0.25) is 0 Å². The summed E-state index contributed by atoms with van der Waals surface area (Å²) < 4.78 is 15.6. The molecule has 0 radical (unpaired) electrons. The van der Waals surface area contributed by atoms with Crippen molar-refractivity contribution >= 4 is 0 Å². The molecule has 0 atom stereocenters. The molecular formula is C11H11FN4. The maximum absolute atomic E-state index is 13.6. The number of nitrogens with zero attached hydrogens (tertiary/aromatic N) is 3. The summed E-state index contributed by atoms with van der Waals surface area (Å²) in [7, 11) is 0. The van der Waals surface area contributed by atoms with Crippen molar-refractivity contribution in [2.75, 3.05) is 6.54 Å². The quantitative estimate of drug-likeness (QED) is 0.781. The number of rotatable bonds is 1. The van der Waals surface area contributed by atoms with Gasteiger partial charge in [-0.15, -0.1) is 10.2 Å². The molecule has 16 heavy (non-hydrogen) atoms. The topological polar surface area (TPSA) is 42.7 Å². The van der Waals surface area contributed by atoms with Crippen LogP contribution in [0.5, 0.6) is 0 Å². The molecule has 1 aromatic carbocycles. The highest BCUT2D eigenvalue weighted by Crippen LogP contribution is 2.22. The molecule has 0 spiro atoms. The maximum atomic E-state index is 13.6. The molecule has 1 aliphatic rings. The summed E-state index contributed by atoms with van der Waals surface area (Å²) in [5, 5.41) is 11.3. The van der Waals surface area contributed by atoms with Crippen molar-refractivity contribution in [1.82, 2.24) is 20.1 Å². The van der Waals surface area contributed by atoms with Gasteiger partial charge >= 0.3 is 0 Å². The van der Waals surface area contributed by atoms with Crippen LogP contribution in [0.25, 0.3) is 11.4 Å². The predicted octanol–water partition coefficient (Wildman–Crippen LogP) is 1.19. The smallest absolute Gasteiger partial charge is 0.167 e.